The van der Waals surface area contributed by atoms with E-state index in [0.29, 0.717) is 37.3 Å². The fraction of sp³-hybridized carbons (Fsp3) is 0.333. The van der Waals surface area contributed by atoms with E-state index in [2.05, 4.69) is 17.2 Å². The van der Waals surface area contributed by atoms with E-state index in [1.807, 2.05) is 6.07 Å². The van der Waals surface area contributed by atoms with Crippen LogP contribution in [0.4, 0.5) is 0 Å². The number of nitrogens with one attached hydrogen (secondary N) is 1. The second kappa shape index (κ2) is 6.05. The minimum absolute atomic E-state index is 0.0571. The summed E-state index contributed by atoms with van der Waals surface area (Å²) >= 11 is 0. The van der Waals surface area contributed by atoms with Crippen molar-refractivity contribution < 1.29 is 14.3 Å². The number of carbonyl (C=O) groups is 2. The Bertz CT molecular complexity index is 566. The summed E-state index contributed by atoms with van der Waals surface area (Å²) in [5.74, 6) is 6.62. The number of hydrogen-bond acceptors (Lipinski definition) is 3. The summed E-state index contributed by atoms with van der Waals surface area (Å²) in [6.07, 6.45) is 1.01. The zero-order valence-corrected chi connectivity index (χ0v) is 10.8. The van der Waals surface area contributed by atoms with Crippen molar-refractivity contribution in [3.05, 3.63) is 29.3 Å². The van der Waals surface area contributed by atoms with Crippen molar-refractivity contribution in [1.29, 1.82) is 0 Å². The number of ketones is 1. The molecule has 1 aliphatic heterocycles. The van der Waals surface area contributed by atoms with Crippen LogP contribution in [-0.4, -0.2) is 24.8 Å². The maximum absolute atomic E-state index is 11.7. The van der Waals surface area contributed by atoms with Crippen LogP contribution in [0.3, 0.4) is 0 Å². The lowest BCUT2D eigenvalue weighted by Crippen LogP contribution is -2.20. The van der Waals surface area contributed by atoms with Crippen LogP contribution in [0.15, 0.2) is 18.2 Å². The van der Waals surface area contributed by atoms with Gasteiger partial charge in [-0.1, -0.05) is 11.8 Å². The molecule has 0 radical (unpaired) electrons. The van der Waals surface area contributed by atoms with Gasteiger partial charge >= 0.3 is 0 Å². The van der Waals surface area contributed by atoms with Crippen LogP contribution >= 0.6 is 0 Å². The first-order valence-electron chi connectivity index (χ1n) is 6.20. The number of fused-ring (bicyclic) bond motifs is 1. The molecular weight excluding hydrogens is 242 g/mol. The number of Topliss-reactive ketones (excluding diaryl/α,β-unsaturated/α-hetero) is 1. The van der Waals surface area contributed by atoms with Gasteiger partial charge < -0.3 is 10.1 Å². The lowest BCUT2D eigenvalue weighted by Gasteiger charge is -2.15. The van der Waals surface area contributed by atoms with Gasteiger partial charge in [-0.15, -0.1) is 0 Å². The van der Waals surface area contributed by atoms with Gasteiger partial charge in [0.2, 0.25) is 5.91 Å². The predicted octanol–water partition coefficient (Wildman–Crippen LogP) is 1.53. The van der Waals surface area contributed by atoms with Crippen molar-refractivity contribution in [2.24, 2.45) is 0 Å². The van der Waals surface area contributed by atoms with Crippen LogP contribution in [0.5, 0.6) is 5.75 Å². The van der Waals surface area contributed by atoms with Crippen LogP contribution in [0, 0.1) is 11.8 Å². The van der Waals surface area contributed by atoms with E-state index in [0.717, 1.165) is 5.56 Å². The van der Waals surface area contributed by atoms with Gasteiger partial charge in [0, 0.05) is 31.9 Å². The van der Waals surface area contributed by atoms with Crippen molar-refractivity contribution in [2.75, 3.05) is 13.2 Å². The molecule has 19 heavy (non-hydrogen) atoms. The van der Waals surface area contributed by atoms with Gasteiger partial charge in [0.05, 0.1) is 12.2 Å². The molecule has 0 aliphatic carbocycles. The Morgan fingerprint density at radius 1 is 1.47 bits per heavy atom. The first kappa shape index (κ1) is 13.2. The third-order valence-electron chi connectivity index (χ3n) is 2.72. The number of rotatable bonds is 2. The van der Waals surface area contributed by atoms with Crippen molar-refractivity contribution >= 4 is 11.7 Å². The molecule has 0 unspecified atom stereocenters. The molecule has 0 saturated carbocycles. The summed E-state index contributed by atoms with van der Waals surface area (Å²) in [5, 5.41) is 2.67. The van der Waals surface area contributed by atoms with Crippen molar-refractivity contribution in [3.8, 4) is 17.6 Å². The third kappa shape index (κ3) is 3.59. The molecule has 0 fully saturated rings. The van der Waals surface area contributed by atoms with Crippen LogP contribution in [-0.2, 0) is 4.79 Å². The molecule has 1 amide bonds. The summed E-state index contributed by atoms with van der Waals surface area (Å²) in [6, 6.07) is 5.38. The Labute approximate surface area is 112 Å². The second-order valence-corrected chi connectivity index (χ2v) is 4.27. The van der Waals surface area contributed by atoms with E-state index in [1.54, 1.807) is 12.1 Å². The van der Waals surface area contributed by atoms with E-state index in [9.17, 15) is 9.59 Å². The van der Waals surface area contributed by atoms with Crippen LogP contribution in [0.2, 0.25) is 0 Å². The molecular formula is C15H15NO3. The van der Waals surface area contributed by atoms with E-state index in [4.69, 9.17) is 4.74 Å². The summed E-state index contributed by atoms with van der Waals surface area (Å²) in [5.41, 5.74) is 1.40. The van der Waals surface area contributed by atoms with E-state index >= 15 is 0 Å². The lowest BCUT2D eigenvalue weighted by molar-refractivity contribution is -0.118. The Hall–Kier alpha value is -2.28. The lowest BCUT2D eigenvalue weighted by atomic mass is 10.0. The van der Waals surface area contributed by atoms with Crippen LogP contribution in [0.25, 0.3) is 0 Å². The second-order valence-electron chi connectivity index (χ2n) is 4.27. The average molecular weight is 257 g/mol. The molecule has 1 aromatic carbocycles. The number of carbonyl (C=O) groups excluding carboxylic acids is 2. The molecule has 1 aromatic rings. The van der Waals surface area contributed by atoms with Crippen molar-refractivity contribution in [1.82, 2.24) is 5.32 Å². The van der Waals surface area contributed by atoms with Gasteiger partial charge in [0.1, 0.15) is 5.75 Å². The van der Waals surface area contributed by atoms with E-state index in [-0.39, 0.29) is 11.7 Å². The first-order valence-corrected chi connectivity index (χ1v) is 6.20. The van der Waals surface area contributed by atoms with Gasteiger partial charge in [-0.2, -0.15) is 0 Å². The Morgan fingerprint density at radius 3 is 3.11 bits per heavy atom. The number of amides is 1. The number of benzene rings is 1. The normalized spacial score (nSPS) is 12.8. The molecule has 0 bridgehead atoms. The average Bonchev–Trinajstić information content (AvgIpc) is 2.39. The number of hydrogen-bond donors (Lipinski definition) is 1. The topological polar surface area (TPSA) is 55.4 Å². The minimum atomic E-state index is -0.0571. The zero-order chi connectivity index (χ0) is 13.7. The van der Waals surface area contributed by atoms with Gasteiger partial charge in [-0.25, -0.2) is 0 Å². The molecule has 0 saturated heterocycles. The molecule has 0 atom stereocenters. The maximum atomic E-state index is 11.7. The largest absolute Gasteiger partial charge is 0.492 e. The van der Waals surface area contributed by atoms with Gasteiger partial charge in [-0.05, 0) is 18.2 Å². The van der Waals surface area contributed by atoms with Crippen LogP contribution < -0.4 is 10.1 Å². The smallest absolute Gasteiger partial charge is 0.216 e. The number of ether oxygens (including phenoxy) is 1. The Kier molecular flexibility index (Phi) is 4.19. The summed E-state index contributed by atoms with van der Waals surface area (Å²) in [7, 11) is 0. The predicted molar refractivity (Wildman–Crippen MR) is 71.1 cm³/mol. The highest BCUT2D eigenvalue weighted by molar-refractivity contribution is 5.99. The Balaban J connectivity index is 2.02. The highest BCUT2D eigenvalue weighted by Crippen LogP contribution is 2.25. The van der Waals surface area contributed by atoms with Crippen molar-refractivity contribution in [3.63, 3.8) is 0 Å². The highest BCUT2D eigenvalue weighted by atomic mass is 16.5. The zero-order valence-electron chi connectivity index (χ0n) is 10.8. The summed E-state index contributed by atoms with van der Waals surface area (Å²) in [6.45, 7) is 2.46. The molecule has 4 nitrogen and oxygen atoms in total. The molecule has 1 N–H and O–H groups in total. The quantitative estimate of drug-likeness (QED) is 0.645. The van der Waals surface area contributed by atoms with E-state index < -0.39 is 0 Å². The first-order chi connectivity index (χ1) is 9.16. The summed E-state index contributed by atoms with van der Waals surface area (Å²) in [4.78, 5) is 22.4. The standard InChI is InChI=1S/C15H15NO3/c1-11(17)16-8-3-2-4-12-5-6-15-13(10-12)14(18)7-9-19-15/h5-6,10H,3,7-9H2,1H3,(H,16,17). The van der Waals surface area contributed by atoms with E-state index in [1.165, 1.54) is 6.92 Å². The molecule has 0 spiro atoms. The SMILES string of the molecule is CC(=O)NCCC#Cc1ccc2c(c1)C(=O)CCO2. The fourth-order valence-corrected chi connectivity index (χ4v) is 1.81. The molecule has 4 heteroatoms. The molecule has 1 heterocycles. The summed E-state index contributed by atoms with van der Waals surface area (Å²) < 4.78 is 5.40. The van der Waals surface area contributed by atoms with Gasteiger partial charge in [0.25, 0.3) is 0 Å². The molecule has 2 rings (SSSR count). The molecule has 1 aliphatic rings. The maximum Gasteiger partial charge on any atom is 0.216 e. The Morgan fingerprint density at radius 2 is 2.32 bits per heavy atom. The monoisotopic (exact) mass is 257 g/mol. The highest BCUT2D eigenvalue weighted by Gasteiger charge is 2.17. The minimum Gasteiger partial charge on any atom is -0.492 e. The van der Waals surface area contributed by atoms with Crippen molar-refractivity contribution in [2.45, 2.75) is 19.8 Å². The molecule has 0 aromatic heterocycles. The fourth-order valence-electron chi connectivity index (χ4n) is 1.81. The third-order valence-corrected chi connectivity index (χ3v) is 2.72. The molecule has 98 valence electrons. The van der Waals surface area contributed by atoms with Gasteiger partial charge in [0.15, 0.2) is 5.78 Å². The van der Waals surface area contributed by atoms with Crippen LogP contribution in [0.1, 0.15) is 35.7 Å². The van der Waals surface area contributed by atoms with Gasteiger partial charge in [-0.3, -0.25) is 9.59 Å².